The molecule has 0 spiro atoms. The molecule has 1 fully saturated rings. The second-order valence-electron chi connectivity index (χ2n) is 6.88. The highest BCUT2D eigenvalue weighted by Crippen LogP contribution is 2.29. The van der Waals surface area contributed by atoms with Gasteiger partial charge in [0.15, 0.2) is 0 Å². The van der Waals surface area contributed by atoms with E-state index in [-0.39, 0.29) is 0 Å². The highest BCUT2D eigenvalue weighted by atomic mass is 35.5. The quantitative estimate of drug-likeness (QED) is 0.594. The number of hydrogen-bond acceptors (Lipinski definition) is 5. The Morgan fingerprint density at radius 2 is 1.86 bits per heavy atom. The molecule has 29 heavy (non-hydrogen) atoms. The lowest BCUT2D eigenvalue weighted by Gasteiger charge is -2.28. The second-order valence-corrected chi connectivity index (χ2v) is 7.29. The van der Waals surface area contributed by atoms with Crippen molar-refractivity contribution >= 4 is 17.3 Å². The minimum Gasteiger partial charge on any atom is -0.492 e. The predicted octanol–water partition coefficient (Wildman–Crippen LogP) is 4.62. The minimum absolute atomic E-state index is 0.584. The summed E-state index contributed by atoms with van der Waals surface area (Å²) in [6.07, 6.45) is 2.48. The molecule has 4 rings (SSSR count). The Morgan fingerprint density at radius 3 is 2.59 bits per heavy atom. The van der Waals surface area contributed by atoms with Gasteiger partial charge in [-0.1, -0.05) is 23.7 Å². The van der Waals surface area contributed by atoms with Crippen LogP contribution in [0.5, 0.6) is 5.75 Å². The molecule has 1 aromatic heterocycles. The van der Waals surface area contributed by atoms with Gasteiger partial charge >= 0.3 is 0 Å². The van der Waals surface area contributed by atoms with E-state index in [2.05, 4.69) is 34.1 Å². The third-order valence-corrected chi connectivity index (χ3v) is 5.20. The van der Waals surface area contributed by atoms with Gasteiger partial charge in [0, 0.05) is 37.0 Å². The van der Waals surface area contributed by atoms with Crippen LogP contribution in [-0.2, 0) is 11.2 Å². The molecule has 0 radical (unpaired) electrons. The smallest absolute Gasteiger partial charge is 0.137 e. The molecule has 3 aromatic rings. The maximum atomic E-state index is 6.33. The molecule has 0 amide bonds. The Kier molecular flexibility index (Phi) is 6.27. The minimum atomic E-state index is 0.584. The molecule has 0 unspecified atom stereocenters. The van der Waals surface area contributed by atoms with E-state index in [0.29, 0.717) is 23.8 Å². The molecule has 0 saturated carbocycles. The lowest BCUT2D eigenvalue weighted by Crippen LogP contribution is -2.36. The zero-order valence-electron chi connectivity index (χ0n) is 16.5. The topological polar surface area (TPSA) is 47.5 Å². The van der Waals surface area contributed by atoms with Gasteiger partial charge in [0.25, 0.3) is 0 Å². The van der Waals surface area contributed by atoms with E-state index in [1.165, 1.54) is 11.3 Å². The number of halogens is 1. The molecule has 1 saturated heterocycles. The summed E-state index contributed by atoms with van der Waals surface area (Å²) < 4.78 is 10.9. The molecule has 1 aliphatic heterocycles. The first-order valence-corrected chi connectivity index (χ1v) is 10.3. The van der Waals surface area contributed by atoms with Crippen LogP contribution in [0.25, 0.3) is 11.3 Å². The summed E-state index contributed by atoms with van der Waals surface area (Å²) in [5.74, 6) is 1.47. The number of anilines is 1. The van der Waals surface area contributed by atoms with Gasteiger partial charge in [-0.3, -0.25) is 0 Å². The molecule has 5 nitrogen and oxygen atoms in total. The third kappa shape index (κ3) is 4.86. The molecular formula is C23H24ClN3O2. The number of morpholine rings is 1. The summed E-state index contributed by atoms with van der Waals surface area (Å²) in [7, 11) is 0. The van der Waals surface area contributed by atoms with E-state index in [4.69, 9.17) is 26.1 Å². The SMILES string of the molecule is CCOc1ccc(-c2ccnc(Cc3ccc(N4CCOCC4)cc3)n2)cc1Cl. The molecule has 2 heterocycles. The van der Waals surface area contributed by atoms with Crippen molar-refractivity contribution < 1.29 is 9.47 Å². The van der Waals surface area contributed by atoms with Crippen LogP contribution < -0.4 is 9.64 Å². The molecule has 2 aromatic carbocycles. The summed E-state index contributed by atoms with van der Waals surface area (Å²) in [5, 5.41) is 0.586. The van der Waals surface area contributed by atoms with E-state index >= 15 is 0 Å². The zero-order chi connectivity index (χ0) is 20.1. The standard InChI is InChI=1S/C23H24ClN3O2/c1-2-29-22-8-5-18(16-20(22)24)21-9-10-25-23(26-21)15-17-3-6-19(7-4-17)27-11-13-28-14-12-27/h3-10,16H,2,11-15H2,1H3. The summed E-state index contributed by atoms with van der Waals surface area (Å²) in [4.78, 5) is 11.5. The number of rotatable bonds is 6. The first-order valence-electron chi connectivity index (χ1n) is 9.89. The van der Waals surface area contributed by atoms with Gasteiger partial charge in [0.1, 0.15) is 11.6 Å². The molecule has 150 valence electrons. The van der Waals surface area contributed by atoms with Crippen LogP contribution >= 0.6 is 11.6 Å². The number of ether oxygens (including phenoxy) is 2. The van der Waals surface area contributed by atoms with E-state index in [1.807, 2.05) is 31.2 Å². The Morgan fingerprint density at radius 1 is 1.07 bits per heavy atom. The van der Waals surface area contributed by atoms with Gasteiger partial charge in [-0.15, -0.1) is 0 Å². The second kappa shape index (κ2) is 9.25. The van der Waals surface area contributed by atoms with Gasteiger partial charge < -0.3 is 14.4 Å². The van der Waals surface area contributed by atoms with Crippen LogP contribution in [0.2, 0.25) is 5.02 Å². The van der Waals surface area contributed by atoms with Crippen molar-refractivity contribution in [2.75, 3.05) is 37.8 Å². The molecule has 1 aliphatic rings. The van der Waals surface area contributed by atoms with Crippen LogP contribution in [0.1, 0.15) is 18.3 Å². The van der Waals surface area contributed by atoms with E-state index in [9.17, 15) is 0 Å². The van der Waals surface area contributed by atoms with E-state index in [1.54, 1.807) is 6.20 Å². The summed E-state index contributed by atoms with van der Waals surface area (Å²) >= 11 is 6.33. The Hall–Kier alpha value is -2.63. The molecule has 0 bridgehead atoms. The highest BCUT2D eigenvalue weighted by Gasteiger charge is 2.11. The van der Waals surface area contributed by atoms with Gasteiger partial charge in [0.2, 0.25) is 0 Å². The lowest BCUT2D eigenvalue weighted by atomic mass is 10.1. The van der Waals surface area contributed by atoms with Crippen molar-refractivity contribution in [3.8, 4) is 17.0 Å². The van der Waals surface area contributed by atoms with Crippen LogP contribution in [0.15, 0.2) is 54.7 Å². The molecule has 0 N–H and O–H groups in total. The van der Waals surface area contributed by atoms with E-state index in [0.717, 1.165) is 43.4 Å². The molecule has 0 aliphatic carbocycles. The van der Waals surface area contributed by atoms with Crippen LogP contribution in [0.3, 0.4) is 0 Å². The fourth-order valence-corrected chi connectivity index (χ4v) is 3.64. The van der Waals surface area contributed by atoms with Gasteiger partial charge in [-0.2, -0.15) is 0 Å². The average molecular weight is 410 g/mol. The van der Waals surface area contributed by atoms with E-state index < -0.39 is 0 Å². The Labute approximate surface area is 176 Å². The van der Waals surface area contributed by atoms with Crippen LogP contribution in [-0.4, -0.2) is 42.9 Å². The van der Waals surface area contributed by atoms with Crippen LogP contribution in [0.4, 0.5) is 5.69 Å². The van der Waals surface area contributed by atoms with Gasteiger partial charge in [-0.25, -0.2) is 9.97 Å². The number of benzene rings is 2. The van der Waals surface area contributed by atoms with Gasteiger partial charge in [0.05, 0.1) is 30.5 Å². The predicted molar refractivity (Wildman–Crippen MR) is 116 cm³/mol. The van der Waals surface area contributed by atoms with Crippen molar-refractivity contribution in [2.45, 2.75) is 13.3 Å². The van der Waals surface area contributed by atoms with Gasteiger partial charge in [-0.05, 0) is 48.9 Å². The summed E-state index contributed by atoms with van der Waals surface area (Å²) in [6, 6.07) is 16.3. The molecular weight excluding hydrogens is 386 g/mol. The third-order valence-electron chi connectivity index (χ3n) is 4.91. The maximum absolute atomic E-state index is 6.33. The van der Waals surface area contributed by atoms with Crippen molar-refractivity contribution in [3.05, 3.63) is 71.1 Å². The van der Waals surface area contributed by atoms with Crippen molar-refractivity contribution in [1.82, 2.24) is 9.97 Å². The lowest BCUT2D eigenvalue weighted by molar-refractivity contribution is 0.122. The fourth-order valence-electron chi connectivity index (χ4n) is 3.41. The maximum Gasteiger partial charge on any atom is 0.137 e. The van der Waals surface area contributed by atoms with Crippen molar-refractivity contribution in [2.24, 2.45) is 0 Å². The Bertz CT molecular complexity index is 957. The fraction of sp³-hybridized carbons (Fsp3) is 0.304. The first kappa shape index (κ1) is 19.7. The highest BCUT2D eigenvalue weighted by molar-refractivity contribution is 6.32. The summed E-state index contributed by atoms with van der Waals surface area (Å²) in [5.41, 5.74) is 4.22. The number of aromatic nitrogens is 2. The largest absolute Gasteiger partial charge is 0.492 e. The zero-order valence-corrected chi connectivity index (χ0v) is 17.2. The molecule has 6 heteroatoms. The Balaban J connectivity index is 1.48. The number of nitrogens with zero attached hydrogens (tertiary/aromatic N) is 3. The monoisotopic (exact) mass is 409 g/mol. The van der Waals surface area contributed by atoms with Crippen LogP contribution in [0, 0.1) is 0 Å². The molecule has 0 atom stereocenters. The van der Waals surface area contributed by atoms with Crippen molar-refractivity contribution in [1.29, 1.82) is 0 Å². The van der Waals surface area contributed by atoms with Crippen molar-refractivity contribution in [3.63, 3.8) is 0 Å². The first-order chi connectivity index (χ1) is 14.2. The normalized spacial score (nSPS) is 14.1. The number of hydrogen-bond donors (Lipinski definition) is 0. The average Bonchev–Trinajstić information content (AvgIpc) is 2.77. The summed E-state index contributed by atoms with van der Waals surface area (Å²) in [6.45, 7) is 5.98.